The molecular formula is C8H14ClNO3. The molecule has 13 heavy (non-hydrogen) atoms. The predicted octanol–water partition coefficient (Wildman–Crippen LogP) is 1.92. The second-order valence-electron chi connectivity index (χ2n) is 2.87. The van der Waals surface area contributed by atoms with Crippen LogP contribution >= 0.6 is 11.6 Å². The fourth-order valence-corrected chi connectivity index (χ4v) is 1.02. The van der Waals surface area contributed by atoms with E-state index in [0.717, 1.165) is 19.3 Å². The SMILES string of the molecule is CN(CCCCCC(=O)Cl)C(=O)O. The summed E-state index contributed by atoms with van der Waals surface area (Å²) in [6.45, 7) is 0.506. The molecule has 0 spiro atoms. The maximum atomic E-state index is 10.3. The third kappa shape index (κ3) is 7.59. The van der Waals surface area contributed by atoms with Crippen molar-refractivity contribution in [3.8, 4) is 0 Å². The molecule has 0 rings (SSSR count). The van der Waals surface area contributed by atoms with E-state index >= 15 is 0 Å². The van der Waals surface area contributed by atoms with E-state index in [1.807, 2.05) is 0 Å². The first-order valence-electron chi connectivity index (χ1n) is 4.16. The molecule has 76 valence electrons. The lowest BCUT2D eigenvalue weighted by molar-refractivity contribution is -0.111. The summed E-state index contributed by atoms with van der Waals surface area (Å²) < 4.78 is 0. The fraction of sp³-hybridized carbons (Fsp3) is 0.750. The summed E-state index contributed by atoms with van der Waals surface area (Å²) in [5.41, 5.74) is 0. The Morgan fingerprint density at radius 3 is 2.38 bits per heavy atom. The van der Waals surface area contributed by atoms with Crippen molar-refractivity contribution in [2.24, 2.45) is 0 Å². The predicted molar refractivity (Wildman–Crippen MR) is 50.0 cm³/mol. The molecule has 0 saturated heterocycles. The Kier molecular flexibility index (Phi) is 6.32. The van der Waals surface area contributed by atoms with E-state index in [4.69, 9.17) is 16.7 Å². The van der Waals surface area contributed by atoms with Crippen LogP contribution in [-0.2, 0) is 4.79 Å². The Hall–Kier alpha value is -0.770. The maximum absolute atomic E-state index is 10.3. The second-order valence-corrected chi connectivity index (χ2v) is 3.29. The van der Waals surface area contributed by atoms with Crippen molar-refractivity contribution < 1.29 is 14.7 Å². The molecule has 0 radical (unpaired) electrons. The Balaban J connectivity index is 3.26. The van der Waals surface area contributed by atoms with E-state index in [0.29, 0.717) is 13.0 Å². The largest absolute Gasteiger partial charge is 0.465 e. The first kappa shape index (κ1) is 12.2. The van der Waals surface area contributed by atoms with E-state index in [-0.39, 0.29) is 5.24 Å². The zero-order chi connectivity index (χ0) is 10.3. The highest BCUT2D eigenvalue weighted by Gasteiger charge is 2.03. The van der Waals surface area contributed by atoms with Gasteiger partial charge in [-0.15, -0.1) is 0 Å². The van der Waals surface area contributed by atoms with Crippen molar-refractivity contribution in [2.75, 3.05) is 13.6 Å². The highest BCUT2D eigenvalue weighted by Crippen LogP contribution is 2.03. The first-order valence-corrected chi connectivity index (χ1v) is 4.54. The maximum Gasteiger partial charge on any atom is 0.407 e. The molecule has 0 aliphatic carbocycles. The molecule has 0 unspecified atom stereocenters. The zero-order valence-electron chi connectivity index (χ0n) is 7.62. The Morgan fingerprint density at radius 1 is 1.31 bits per heavy atom. The number of hydrogen-bond acceptors (Lipinski definition) is 2. The molecular weight excluding hydrogens is 194 g/mol. The average molecular weight is 208 g/mol. The van der Waals surface area contributed by atoms with Crippen LogP contribution in [0.25, 0.3) is 0 Å². The number of carbonyl (C=O) groups excluding carboxylic acids is 1. The van der Waals surface area contributed by atoms with Gasteiger partial charge in [0.15, 0.2) is 0 Å². The number of amides is 1. The van der Waals surface area contributed by atoms with E-state index in [2.05, 4.69) is 0 Å². The number of carboxylic acid groups (broad SMARTS) is 1. The van der Waals surface area contributed by atoms with Gasteiger partial charge in [-0.25, -0.2) is 4.79 Å². The van der Waals surface area contributed by atoms with Crippen LogP contribution in [0.1, 0.15) is 25.7 Å². The Labute approximate surface area is 82.5 Å². The van der Waals surface area contributed by atoms with E-state index in [1.165, 1.54) is 11.9 Å². The molecule has 0 aromatic rings. The molecule has 0 heterocycles. The standard InChI is InChI=1S/C8H14ClNO3/c1-10(8(12)13)6-4-2-3-5-7(9)11/h2-6H2,1H3,(H,12,13). The van der Waals surface area contributed by atoms with Crippen LogP contribution < -0.4 is 0 Å². The quantitative estimate of drug-likeness (QED) is 0.535. The lowest BCUT2D eigenvalue weighted by Gasteiger charge is -2.11. The highest BCUT2D eigenvalue weighted by molar-refractivity contribution is 6.63. The van der Waals surface area contributed by atoms with Gasteiger partial charge in [-0.1, -0.05) is 6.42 Å². The molecule has 0 aliphatic rings. The summed E-state index contributed by atoms with van der Waals surface area (Å²) in [6.07, 6.45) is 1.78. The minimum atomic E-state index is -0.923. The molecule has 0 aromatic heterocycles. The van der Waals surface area contributed by atoms with Crippen LogP contribution in [0, 0.1) is 0 Å². The molecule has 0 fully saturated rings. The molecule has 1 N–H and O–H groups in total. The minimum absolute atomic E-state index is 0.327. The van der Waals surface area contributed by atoms with Crippen molar-refractivity contribution in [3.63, 3.8) is 0 Å². The fourth-order valence-electron chi connectivity index (χ4n) is 0.885. The molecule has 0 aromatic carbocycles. The van der Waals surface area contributed by atoms with Crippen molar-refractivity contribution in [2.45, 2.75) is 25.7 Å². The van der Waals surface area contributed by atoms with Crippen molar-refractivity contribution in [3.05, 3.63) is 0 Å². The minimum Gasteiger partial charge on any atom is -0.465 e. The topological polar surface area (TPSA) is 57.6 Å². The van der Waals surface area contributed by atoms with E-state index < -0.39 is 6.09 Å². The van der Waals surface area contributed by atoms with Crippen LogP contribution in [0.2, 0.25) is 0 Å². The Morgan fingerprint density at radius 2 is 1.92 bits per heavy atom. The molecule has 1 amide bonds. The van der Waals surface area contributed by atoms with E-state index in [9.17, 15) is 9.59 Å². The van der Waals surface area contributed by atoms with Crippen LogP contribution in [0.3, 0.4) is 0 Å². The summed E-state index contributed by atoms with van der Waals surface area (Å²) in [5.74, 6) is 0. The van der Waals surface area contributed by atoms with Crippen molar-refractivity contribution in [1.82, 2.24) is 4.90 Å². The van der Waals surface area contributed by atoms with E-state index in [1.54, 1.807) is 0 Å². The summed E-state index contributed by atoms with van der Waals surface area (Å²) in [5, 5.41) is 8.15. The molecule has 0 bridgehead atoms. The van der Waals surface area contributed by atoms with Gasteiger partial charge in [-0.3, -0.25) is 4.79 Å². The van der Waals surface area contributed by atoms with Crippen molar-refractivity contribution in [1.29, 1.82) is 0 Å². The van der Waals surface area contributed by atoms with Gasteiger partial charge in [0.25, 0.3) is 0 Å². The number of rotatable bonds is 6. The molecule has 0 aliphatic heterocycles. The molecule has 0 atom stereocenters. The number of nitrogens with zero attached hydrogens (tertiary/aromatic N) is 1. The third-order valence-corrected chi connectivity index (χ3v) is 1.88. The number of hydrogen-bond donors (Lipinski definition) is 1. The van der Waals surface area contributed by atoms with Gasteiger partial charge in [0.1, 0.15) is 0 Å². The van der Waals surface area contributed by atoms with Gasteiger partial charge in [0, 0.05) is 20.0 Å². The zero-order valence-corrected chi connectivity index (χ0v) is 8.38. The highest BCUT2D eigenvalue weighted by atomic mass is 35.5. The number of halogens is 1. The summed E-state index contributed by atoms with van der Waals surface area (Å²) in [7, 11) is 1.52. The van der Waals surface area contributed by atoms with Gasteiger partial charge in [-0.05, 0) is 24.4 Å². The smallest absolute Gasteiger partial charge is 0.407 e. The second kappa shape index (κ2) is 6.71. The lowest BCUT2D eigenvalue weighted by atomic mass is 10.2. The summed E-state index contributed by atoms with van der Waals surface area (Å²) >= 11 is 5.13. The van der Waals surface area contributed by atoms with Crippen LogP contribution in [0.4, 0.5) is 4.79 Å². The number of unbranched alkanes of at least 4 members (excludes halogenated alkanes) is 2. The lowest BCUT2D eigenvalue weighted by Crippen LogP contribution is -2.25. The van der Waals surface area contributed by atoms with Crippen LogP contribution in [0.15, 0.2) is 0 Å². The van der Waals surface area contributed by atoms with Gasteiger partial charge >= 0.3 is 6.09 Å². The van der Waals surface area contributed by atoms with Gasteiger partial charge < -0.3 is 10.0 Å². The number of carbonyl (C=O) groups is 2. The van der Waals surface area contributed by atoms with Gasteiger partial charge in [-0.2, -0.15) is 0 Å². The average Bonchev–Trinajstić information content (AvgIpc) is 2.02. The normalized spacial score (nSPS) is 9.69. The third-order valence-electron chi connectivity index (χ3n) is 1.69. The summed E-state index contributed by atoms with van der Waals surface area (Å²) in [6, 6.07) is 0. The first-order chi connectivity index (χ1) is 6.04. The molecule has 4 nitrogen and oxygen atoms in total. The molecule has 5 heteroatoms. The van der Waals surface area contributed by atoms with Crippen molar-refractivity contribution >= 4 is 22.9 Å². The summed E-state index contributed by atoms with van der Waals surface area (Å²) in [4.78, 5) is 21.9. The van der Waals surface area contributed by atoms with Crippen LogP contribution in [-0.4, -0.2) is 34.9 Å². The monoisotopic (exact) mass is 207 g/mol. The Bertz CT molecular complexity index is 184. The van der Waals surface area contributed by atoms with Gasteiger partial charge in [0.2, 0.25) is 5.24 Å². The molecule has 0 saturated carbocycles. The van der Waals surface area contributed by atoms with Crippen LogP contribution in [0.5, 0.6) is 0 Å². The van der Waals surface area contributed by atoms with Gasteiger partial charge in [0.05, 0.1) is 0 Å².